The molecule has 0 radical (unpaired) electrons. The zero-order valence-electron chi connectivity index (χ0n) is 8.02. The van der Waals surface area contributed by atoms with E-state index in [9.17, 15) is 0 Å². The summed E-state index contributed by atoms with van der Waals surface area (Å²) >= 11 is 5.87. The van der Waals surface area contributed by atoms with Crippen molar-refractivity contribution in [2.45, 2.75) is 6.61 Å². The molecule has 2 rings (SSSR count). The number of hydrogen-bond acceptors (Lipinski definition) is 2. The largest absolute Gasteiger partial charge is 0.392 e. The molecule has 0 unspecified atom stereocenters. The highest BCUT2D eigenvalue weighted by molar-refractivity contribution is 6.30. The van der Waals surface area contributed by atoms with Gasteiger partial charge in [-0.25, -0.2) is 0 Å². The Hall–Kier alpha value is -1.38. The van der Waals surface area contributed by atoms with Crippen molar-refractivity contribution in [2.24, 2.45) is 0 Å². The van der Waals surface area contributed by atoms with Gasteiger partial charge in [0.2, 0.25) is 0 Å². The van der Waals surface area contributed by atoms with Crippen LogP contribution in [0.1, 0.15) is 5.56 Å². The zero-order chi connectivity index (χ0) is 10.7. The summed E-state index contributed by atoms with van der Waals surface area (Å²) in [5, 5.41) is 9.58. The number of rotatable bonds is 2. The first-order chi connectivity index (χ1) is 7.29. The SMILES string of the molecule is OCc1ccc(-c2cc(Cl)ccn2)cc1. The Morgan fingerprint density at radius 1 is 1.13 bits per heavy atom. The second-order valence-corrected chi connectivity index (χ2v) is 3.65. The minimum Gasteiger partial charge on any atom is -0.392 e. The molecule has 0 aliphatic rings. The first-order valence-corrected chi connectivity index (χ1v) is 4.99. The fourth-order valence-electron chi connectivity index (χ4n) is 1.34. The minimum absolute atomic E-state index is 0.0588. The van der Waals surface area contributed by atoms with Crippen molar-refractivity contribution in [1.29, 1.82) is 0 Å². The number of pyridine rings is 1. The molecule has 15 heavy (non-hydrogen) atoms. The summed E-state index contributed by atoms with van der Waals surface area (Å²) in [4.78, 5) is 4.22. The Balaban J connectivity index is 2.37. The number of hydrogen-bond donors (Lipinski definition) is 1. The van der Waals surface area contributed by atoms with Crippen LogP contribution < -0.4 is 0 Å². The van der Waals surface area contributed by atoms with Gasteiger partial charge in [0.15, 0.2) is 0 Å². The van der Waals surface area contributed by atoms with E-state index >= 15 is 0 Å². The highest BCUT2D eigenvalue weighted by Gasteiger charge is 1.99. The van der Waals surface area contributed by atoms with Crippen molar-refractivity contribution in [2.75, 3.05) is 0 Å². The molecule has 0 amide bonds. The summed E-state index contributed by atoms with van der Waals surface area (Å²) in [6.45, 7) is 0.0588. The molecule has 2 nitrogen and oxygen atoms in total. The monoisotopic (exact) mass is 219 g/mol. The van der Waals surface area contributed by atoms with E-state index in [1.807, 2.05) is 30.3 Å². The van der Waals surface area contributed by atoms with Gasteiger partial charge in [-0.1, -0.05) is 35.9 Å². The van der Waals surface area contributed by atoms with Crippen molar-refractivity contribution in [3.05, 3.63) is 53.2 Å². The lowest BCUT2D eigenvalue weighted by Gasteiger charge is -2.02. The second-order valence-electron chi connectivity index (χ2n) is 3.21. The summed E-state index contributed by atoms with van der Waals surface area (Å²) in [5.74, 6) is 0. The molecule has 1 aromatic heterocycles. The number of nitrogens with zero attached hydrogens (tertiary/aromatic N) is 1. The molecule has 1 heterocycles. The van der Waals surface area contributed by atoms with Gasteiger partial charge in [-0.05, 0) is 17.7 Å². The van der Waals surface area contributed by atoms with Crippen LogP contribution in [0.3, 0.4) is 0 Å². The summed E-state index contributed by atoms with van der Waals surface area (Å²) in [6, 6.07) is 11.1. The molecule has 0 bridgehead atoms. The maximum absolute atomic E-state index is 8.91. The normalized spacial score (nSPS) is 10.3. The van der Waals surface area contributed by atoms with Gasteiger partial charge < -0.3 is 5.11 Å². The van der Waals surface area contributed by atoms with Crippen molar-refractivity contribution >= 4 is 11.6 Å². The Labute approximate surface area is 93.2 Å². The van der Waals surface area contributed by atoms with Gasteiger partial charge in [0.25, 0.3) is 0 Å². The third kappa shape index (κ3) is 2.35. The molecule has 0 aliphatic heterocycles. The molecule has 0 atom stereocenters. The van der Waals surface area contributed by atoms with Crippen LogP contribution in [0.5, 0.6) is 0 Å². The maximum atomic E-state index is 8.91. The molecule has 1 aromatic carbocycles. The number of aliphatic hydroxyl groups is 1. The number of aliphatic hydroxyl groups excluding tert-OH is 1. The van der Waals surface area contributed by atoms with E-state index < -0.39 is 0 Å². The Bertz CT molecular complexity index is 453. The molecule has 0 saturated carbocycles. The van der Waals surface area contributed by atoms with E-state index in [0.717, 1.165) is 16.8 Å². The summed E-state index contributed by atoms with van der Waals surface area (Å²) in [6.07, 6.45) is 1.68. The zero-order valence-corrected chi connectivity index (χ0v) is 8.78. The third-order valence-corrected chi connectivity index (χ3v) is 2.39. The van der Waals surface area contributed by atoms with Crippen LogP contribution in [0.2, 0.25) is 5.02 Å². The first kappa shape index (κ1) is 10.1. The molecule has 2 aromatic rings. The van der Waals surface area contributed by atoms with Crippen LogP contribution in [-0.2, 0) is 6.61 Å². The molecule has 76 valence electrons. The fourth-order valence-corrected chi connectivity index (χ4v) is 1.50. The van der Waals surface area contributed by atoms with Gasteiger partial charge in [0, 0.05) is 16.8 Å². The first-order valence-electron chi connectivity index (χ1n) is 4.61. The average Bonchev–Trinajstić information content (AvgIpc) is 2.29. The van der Waals surface area contributed by atoms with E-state index in [-0.39, 0.29) is 6.61 Å². The summed E-state index contributed by atoms with van der Waals surface area (Å²) in [7, 11) is 0. The number of halogens is 1. The highest BCUT2D eigenvalue weighted by Crippen LogP contribution is 2.20. The minimum atomic E-state index is 0.0588. The van der Waals surface area contributed by atoms with Gasteiger partial charge >= 0.3 is 0 Å². The van der Waals surface area contributed by atoms with Crippen LogP contribution in [0.15, 0.2) is 42.6 Å². The van der Waals surface area contributed by atoms with Gasteiger partial charge in [-0.3, -0.25) is 4.98 Å². The van der Waals surface area contributed by atoms with E-state index in [2.05, 4.69) is 4.98 Å². The third-order valence-electron chi connectivity index (χ3n) is 2.15. The lowest BCUT2D eigenvalue weighted by atomic mass is 10.1. The fraction of sp³-hybridized carbons (Fsp3) is 0.0833. The Morgan fingerprint density at radius 2 is 1.87 bits per heavy atom. The van der Waals surface area contributed by atoms with Crippen LogP contribution in [0, 0.1) is 0 Å². The van der Waals surface area contributed by atoms with Gasteiger partial charge in [0.1, 0.15) is 0 Å². The van der Waals surface area contributed by atoms with Gasteiger partial charge in [-0.2, -0.15) is 0 Å². The topological polar surface area (TPSA) is 33.1 Å². The standard InChI is InChI=1S/C12H10ClNO/c13-11-5-6-14-12(7-11)10-3-1-9(8-15)2-4-10/h1-7,15H,8H2. The number of benzene rings is 1. The summed E-state index contributed by atoms with van der Waals surface area (Å²) in [5.41, 5.74) is 2.72. The van der Waals surface area contributed by atoms with Crippen molar-refractivity contribution in [1.82, 2.24) is 4.98 Å². The molecule has 1 N–H and O–H groups in total. The van der Waals surface area contributed by atoms with Crippen LogP contribution in [-0.4, -0.2) is 10.1 Å². The average molecular weight is 220 g/mol. The quantitative estimate of drug-likeness (QED) is 0.843. The predicted octanol–water partition coefficient (Wildman–Crippen LogP) is 2.89. The van der Waals surface area contributed by atoms with E-state index in [4.69, 9.17) is 16.7 Å². The number of aromatic nitrogens is 1. The van der Waals surface area contributed by atoms with Crippen molar-refractivity contribution in [3.63, 3.8) is 0 Å². The second kappa shape index (κ2) is 4.43. The van der Waals surface area contributed by atoms with Crippen LogP contribution >= 0.6 is 11.6 Å². The van der Waals surface area contributed by atoms with Crippen LogP contribution in [0.25, 0.3) is 11.3 Å². The highest BCUT2D eigenvalue weighted by atomic mass is 35.5. The molecule has 0 aliphatic carbocycles. The van der Waals surface area contributed by atoms with Gasteiger partial charge in [0.05, 0.1) is 12.3 Å². The molecule has 0 fully saturated rings. The smallest absolute Gasteiger partial charge is 0.0716 e. The molecular formula is C12H10ClNO. The Morgan fingerprint density at radius 3 is 2.47 bits per heavy atom. The van der Waals surface area contributed by atoms with Crippen molar-refractivity contribution < 1.29 is 5.11 Å². The van der Waals surface area contributed by atoms with E-state index in [1.54, 1.807) is 12.3 Å². The summed E-state index contributed by atoms with van der Waals surface area (Å²) < 4.78 is 0. The Kier molecular flexibility index (Phi) is 2.99. The molecular weight excluding hydrogens is 210 g/mol. The predicted molar refractivity (Wildman–Crippen MR) is 60.6 cm³/mol. The lowest BCUT2D eigenvalue weighted by molar-refractivity contribution is 0.282. The van der Waals surface area contributed by atoms with E-state index in [1.165, 1.54) is 0 Å². The van der Waals surface area contributed by atoms with Crippen molar-refractivity contribution in [3.8, 4) is 11.3 Å². The van der Waals surface area contributed by atoms with E-state index in [0.29, 0.717) is 5.02 Å². The molecule has 3 heteroatoms. The lowest BCUT2D eigenvalue weighted by Crippen LogP contribution is -1.85. The van der Waals surface area contributed by atoms with Gasteiger partial charge in [-0.15, -0.1) is 0 Å². The maximum Gasteiger partial charge on any atom is 0.0716 e. The molecule has 0 saturated heterocycles. The van der Waals surface area contributed by atoms with Crippen LogP contribution in [0.4, 0.5) is 0 Å². The molecule has 0 spiro atoms.